The molecule has 2 aromatic rings. The maximum atomic E-state index is 13.0. The minimum Gasteiger partial charge on any atom is -0.490 e. The number of halogens is 4. The Bertz CT molecular complexity index is 890. The van der Waals surface area contributed by atoms with Crippen molar-refractivity contribution in [2.24, 2.45) is 0 Å². The maximum Gasteiger partial charge on any atom is 0.416 e. The minimum absolute atomic E-state index is 0.0334. The molecule has 1 unspecified atom stereocenters. The van der Waals surface area contributed by atoms with Gasteiger partial charge in [-0.05, 0) is 77.9 Å². The lowest BCUT2D eigenvalue weighted by molar-refractivity contribution is -0.137. The van der Waals surface area contributed by atoms with E-state index < -0.39 is 23.9 Å². The van der Waals surface area contributed by atoms with E-state index in [0.29, 0.717) is 12.2 Å². The van der Waals surface area contributed by atoms with Crippen LogP contribution in [0.25, 0.3) is 0 Å². The molecule has 0 saturated carbocycles. The highest BCUT2D eigenvalue weighted by atomic mass is 127. The first-order chi connectivity index (χ1) is 17.3. The van der Waals surface area contributed by atoms with Crippen LogP contribution < -0.4 is 10.1 Å². The lowest BCUT2D eigenvalue weighted by Gasteiger charge is -2.19. The molecule has 2 aromatic carbocycles. The lowest BCUT2D eigenvalue weighted by Crippen LogP contribution is -2.28. The van der Waals surface area contributed by atoms with Crippen LogP contribution in [0.1, 0.15) is 83.1 Å². The van der Waals surface area contributed by atoms with E-state index in [1.165, 1.54) is 57.1 Å². The fraction of sp³-hybridized carbons (Fsp3) is 0.536. The van der Waals surface area contributed by atoms with Gasteiger partial charge >= 0.3 is 12.3 Å². The SMILES string of the molecule is CCCCCCCCCCCCC(COc1ccc(I)cc1)OC(=O)Nc1cccc(C(F)(F)F)c1. The normalized spacial score (nSPS) is 12.2. The van der Waals surface area contributed by atoms with E-state index in [1.54, 1.807) is 0 Å². The predicted molar refractivity (Wildman–Crippen MR) is 146 cm³/mol. The van der Waals surface area contributed by atoms with Gasteiger partial charge in [0.15, 0.2) is 0 Å². The zero-order valence-electron chi connectivity index (χ0n) is 20.9. The number of ether oxygens (including phenoxy) is 2. The molecular weight excluding hydrogens is 582 g/mol. The molecule has 0 aliphatic carbocycles. The van der Waals surface area contributed by atoms with Gasteiger partial charge in [-0.1, -0.05) is 70.8 Å². The van der Waals surface area contributed by atoms with Crippen LogP contribution in [-0.2, 0) is 10.9 Å². The van der Waals surface area contributed by atoms with Gasteiger partial charge in [-0.25, -0.2) is 4.79 Å². The summed E-state index contributed by atoms with van der Waals surface area (Å²) >= 11 is 2.21. The van der Waals surface area contributed by atoms with E-state index in [4.69, 9.17) is 9.47 Å². The number of rotatable bonds is 16. The number of alkyl halides is 3. The zero-order chi connectivity index (χ0) is 26.2. The Morgan fingerprint density at radius 2 is 1.53 bits per heavy atom. The summed E-state index contributed by atoms with van der Waals surface area (Å²) in [6.45, 7) is 2.39. The molecule has 36 heavy (non-hydrogen) atoms. The van der Waals surface area contributed by atoms with Crippen LogP contribution in [0.5, 0.6) is 5.75 Å². The van der Waals surface area contributed by atoms with Gasteiger partial charge in [0.25, 0.3) is 0 Å². The van der Waals surface area contributed by atoms with Crippen molar-refractivity contribution >= 4 is 34.4 Å². The number of benzene rings is 2. The highest BCUT2D eigenvalue weighted by molar-refractivity contribution is 14.1. The summed E-state index contributed by atoms with van der Waals surface area (Å²) in [6.07, 6.45) is 6.81. The first kappa shape index (κ1) is 30.3. The number of anilines is 1. The van der Waals surface area contributed by atoms with E-state index in [0.717, 1.165) is 35.0 Å². The summed E-state index contributed by atoms with van der Waals surface area (Å²) < 4.78 is 51.3. The second kappa shape index (κ2) is 16.7. The van der Waals surface area contributed by atoms with Crippen molar-refractivity contribution in [2.75, 3.05) is 11.9 Å². The number of amides is 1. The molecule has 200 valence electrons. The van der Waals surface area contributed by atoms with Crippen LogP contribution in [0.3, 0.4) is 0 Å². The molecule has 0 saturated heterocycles. The monoisotopic (exact) mass is 619 g/mol. The Kier molecular flexibility index (Phi) is 14.0. The third-order valence-corrected chi connectivity index (χ3v) is 6.56. The molecule has 0 aliphatic rings. The van der Waals surface area contributed by atoms with Crippen molar-refractivity contribution in [2.45, 2.75) is 89.8 Å². The summed E-state index contributed by atoms with van der Waals surface area (Å²) in [7, 11) is 0. The molecule has 0 spiro atoms. The van der Waals surface area contributed by atoms with Crippen molar-refractivity contribution in [1.82, 2.24) is 0 Å². The smallest absolute Gasteiger partial charge is 0.416 e. The molecule has 0 aliphatic heterocycles. The second-order valence-electron chi connectivity index (χ2n) is 8.97. The molecule has 1 N–H and O–H groups in total. The number of carbonyl (C=O) groups is 1. The Morgan fingerprint density at radius 3 is 2.14 bits per heavy atom. The van der Waals surface area contributed by atoms with Crippen LogP contribution >= 0.6 is 22.6 Å². The van der Waals surface area contributed by atoms with Crippen LogP contribution in [0.2, 0.25) is 0 Å². The third kappa shape index (κ3) is 12.8. The number of carbonyl (C=O) groups excluding carboxylic acids is 1. The van der Waals surface area contributed by atoms with Crippen molar-refractivity contribution in [1.29, 1.82) is 0 Å². The molecule has 0 fully saturated rings. The fourth-order valence-corrected chi connectivity index (χ4v) is 4.19. The van der Waals surface area contributed by atoms with Gasteiger partial charge in [-0.15, -0.1) is 0 Å². The number of nitrogens with one attached hydrogen (secondary N) is 1. The highest BCUT2D eigenvalue weighted by Crippen LogP contribution is 2.30. The Morgan fingerprint density at radius 1 is 0.917 bits per heavy atom. The summed E-state index contributed by atoms with van der Waals surface area (Å²) in [6, 6.07) is 12.0. The number of hydrogen-bond donors (Lipinski definition) is 1. The summed E-state index contributed by atoms with van der Waals surface area (Å²) in [4.78, 5) is 12.5. The topological polar surface area (TPSA) is 47.6 Å². The quantitative estimate of drug-likeness (QED) is 0.150. The molecule has 8 heteroatoms. The van der Waals surface area contributed by atoms with E-state index in [2.05, 4.69) is 34.8 Å². The first-order valence-electron chi connectivity index (χ1n) is 12.8. The number of hydrogen-bond acceptors (Lipinski definition) is 3. The van der Waals surface area contributed by atoms with Crippen LogP contribution in [0, 0.1) is 3.57 Å². The Balaban J connectivity index is 1.82. The second-order valence-corrected chi connectivity index (χ2v) is 10.2. The standard InChI is InChI=1S/C28H37F3INO3/c1-2-3-4-5-6-7-8-9-10-11-15-26(21-35-25-18-16-23(32)17-19-25)36-27(34)33-24-14-12-13-22(20-24)28(29,30)31/h12-14,16-20,26H,2-11,15,21H2,1H3,(H,33,34). The van der Waals surface area contributed by atoms with E-state index in [1.807, 2.05) is 24.3 Å². The predicted octanol–water partition coefficient (Wildman–Crippen LogP) is 9.62. The third-order valence-electron chi connectivity index (χ3n) is 5.84. The van der Waals surface area contributed by atoms with E-state index in [9.17, 15) is 18.0 Å². The van der Waals surface area contributed by atoms with Crippen LogP contribution in [-0.4, -0.2) is 18.8 Å². The zero-order valence-corrected chi connectivity index (χ0v) is 23.1. The first-order valence-corrected chi connectivity index (χ1v) is 13.9. The van der Waals surface area contributed by atoms with Gasteiger partial charge < -0.3 is 9.47 Å². The Hall–Kier alpha value is -1.97. The molecule has 0 radical (unpaired) electrons. The molecule has 1 amide bonds. The van der Waals surface area contributed by atoms with Gasteiger partial charge in [0, 0.05) is 9.26 Å². The molecule has 0 heterocycles. The van der Waals surface area contributed by atoms with E-state index in [-0.39, 0.29) is 12.3 Å². The van der Waals surface area contributed by atoms with Crippen molar-refractivity contribution in [3.05, 3.63) is 57.7 Å². The Labute approximate surface area is 226 Å². The van der Waals surface area contributed by atoms with Crippen molar-refractivity contribution in [3.63, 3.8) is 0 Å². The van der Waals surface area contributed by atoms with Gasteiger partial charge in [-0.2, -0.15) is 13.2 Å². The molecule has 4 nitrogen and oxygen atoms in total. The van der Waals surface area contributed by atoms with Gasteiger partial charge in [0.05, 0.1) is 5.56 Å². The molecule has 1 atom stereocenters. The molecule has 0 aromatic heterocycles. The summed E-state index contributed by atoms with van der Waals surface area (Å²) in [5, 5.41) is 2.41. The van der Waals surface area contributed by atoms with Crippen molar-refractivity contribution < 1.29 is 27.4 Å². The lowest BCUT2D eigenvalue weighted by atomic mass is 10.0. The largest absolute Gasteiger partial charge is 0.490 e. The maximum absolute atomic E-state index is 13.0. The van der Waals surface area contributed by atoms with Gasteiger partial charge in [0.1, 0.15) is 18.5 Å². The van der Waals surface area contributed by atoms with E-state index >= 15 is 0 Å². The summed E-state index contributed by atoms with van der Waals surface area (Å²) in [5.41, 5.74) is -0.796. The molecule has 2 rings (SSSR count). The van der Waals surface area contributed by atoms with Gasteiger partial charge in [0.2, 0.25) is 0 Å². The van der Waals surface area contributed by atoms with Crippen LogP contribution in [0.15, 0.2) is 48.5 Å². The minimum atomic E-state index is -4.49. The fourth-order valence-electron chi connectivity index (χ4n) is 3.83. The van der Waals surface area contributed by atoms with Crippen molar-refractivity contribution in [3.8, 4) is 5.75 Å². The average Bonchev–Trinajstić information content (AvgIpc) is 2.84. The summed E-state index contributed by atoms with van der Waals surface area (Å²) in [5.74, 6) is 0.672. The number of unbranched alkanes of at least 4 members (excludes halogenated alkanes) is 9. The average molecular weight is 620 g/mol. The highest BCUT2D eigenvalue weighted by Gasteiger charge is 2.30. The molecule has 0 bridgehead atoms. The molecular formula is C28H37F3INO3. The van der Waals surface area contributed by atoms with Crippen LogP contribution in [0.4, 0.5) is 23.7 Å². The van der Waals surface area contributed by atoms with Gasteiger partial charge in [-0.3, -0.25) is 5.32 Å².